The van der Waals surface area contributed by atoms with E-state index < -0.39 is 5.97 Å². The molecule has 0 bridgehead atoms. The van der Waals surface area contributed by atoms with Gasteiger partial charge in [0.15, 0.2) is 0 Å². The Kier molecular flexibility index (Phi) is 8.65. The summed E-state index contributed by atoms with van der Waals surface area (Å²) in [5.74, 6) is -0.875. The van der Waals surface area contributed by atoms with Crippen LogP contribution in [-0.2, 0) is 4.79 Å². The Bertz CT molecular complexity index is 476. The second kappa shape index (κ2) is 10.6. The van der Waals surface area contributed by atoms with Crippen molar-refractivity contribution in [1.29, 1.82) is 0 Å². The highest BCUT2D eigenvalue weighted by atomic mass is 16.5. The van der Waals surface area contributed by atoms with Gasteiger partial charge in [-0.3, -0.25) is 4.79 Å². The van der Waals surface area contributed by atoms with Crippen molar-refractivity contribution in [2.45, 2.75) is 51.4 Å². The summed E-state index contributed by atoms with van der Waals surface area (Å²) < 4.78 is 5.17. The van der Waals surface area contributed by atoms with E-state index in [-0.39, 0.29) is 11.5 Å². The van der Waals surface area contributed by atoms with Gasteiger partial charge in [-0.25, -0.2) is 4.79 Å². The predicted octanol–water partition coefficient (Wildman–Crippen LogP) is 4.60. The summed E-state index contributed by atoms with van der Waals surface area (Å²) >= 11 is 0. The summed E-state index contributed by atoms with van der Waals surface area (Å²) in [6.45, 7) is 3.69. The molecule has 1 aromatic rings. The summed E-state index contributed by atoms with van der Waals surface area (Å²) in [4.78, 5) is 22.4. The maximum Gasteiger partial charge on any atom is 0.335 e. The lowest BCUT2D eigenvalue weighted by molar-refractivity contribution is -0.134. The molecule has 0 atom stereocenters. The van der Waals surface area contributed by atoms with Gasteiger partial charge in [-0.2, -0.15) is 0 Å². The molecule has 4 heteroatoms. The van der Waals surface area contributed by atoms with Crippen LogP contribution in [0.4, 0.5) is 0 Å². The molecule has 0 aliphatic carbocycles. The van der Waals surface area contributed by atoms with Crippen molar-refractivity contribution in [3.8, 4) is 5.75 Å². The maximum atomic E-state index is 11.7. The summed E-state index contributed by atoms with van der Waals surface area (Å²) in [5.41, 5.74) is 0.177. The number of carbonyl (C=O) groups is 2. The van der Waals surface area contributed by atoms with Gasteiger partial charge in [-0.15, -0.1) is 6.58 Å². The van der Waals surface area contributed by atoms with Gasteiger partial charge in [0.1, 0.15) is 5.75 Å². The van der Waals surface area contributed by atoms with Crippen molar-refractivity contribution in [3.05, 3.63) is 42.5 Å². The molecule has 4 nitrogen and oxygen atoms in total. The first-order valence-electron chi connectivity index (χ1n) is 7.78. The number of hydrogen-bond donors (Lipinski definition) is 1. The monoisotopic (exact) mass is 304 g/mol. The molecule has 0 spiro atoms. The largest absolute Gasteiger partial charge is 0.478 e. The molecular weight excluding hydrogens is 280 g/mol. The van der Waals surface area contributed by atoms with Gasteiger partial charge >= 0.3 is 11.9 Å². The number of benzene rings is 1. The van der Waals surface area contributed by atoms with Crippen molar-refractivity contribution in [2.75, 3.05) is 0 Å². The molecule has 0 heterocycles. The van der Waals surface area contributed by atoms with Crippen molar-refractivity contribution < 1.29 is 19.4 Å². The lowest BCUT2D eigenvalue weighted by Crippen LogP contribution is -2.07. The van der Waals surface area contributed by atoms with Crippen LogP contribution in [0.2, 0.25) is 0 Å². The molecule has 0 unspecified atom stereocenters. The molecule has 0 radical (unpaired) electrons. The highest BCUT2D eigenvalue weighted by Crippen LogP contribution is 2.14. The van der Waals surface area contributed by atoms with Crippen LogP contribution < -0.4 is 4.74 Å². The molecule has 1 aromatic carbocycles. The number of aromatic carboxylic acids is 1. The molecule has 0 saturated carbocycles. The van der Waals surface area contributed by atoms with Crippen molar-refractivity contribution in [1.82, 2.24) is 0 Å². The van der Waals surface area contributed by atoms with E-state index in [9.17, 15) is 9.59 Å². The summed E-state index contributed by atoms with van der Waals surface area (Å²) in [6.07, 6.45) is 10.0. The minimum atomic E-state index is -0.994. The van der Waals surface area contributed by atoms with Gasteiger partial charge in [-0.1, -0.05) is 31.8 Å². The smallest absolute Gasteiger partial charge is 0.335 e. The first-order valence-corrected chi connectivity index (χ1v) is 7.78. The van der Waals surface area contributed by atoms with Crippen LogP contribution in [0.1, 0.15) is 61.7 Å². The Morgan fingerprint density at radius 2 is 1.59 bits per heavy atom. The molecule has 0 fully saturated rings. The van der Waals surface area contributed by atoms with Crippen molar-refractivity contribution in [3.63, 3.8) is 0 Å². The number of carboxylic acids is 1. The molecule has 1 N–H and O–H groups in total. The fourth-order valence-electron chi connectivity index (χ4n) is 2.11. The van der Waals surface area contributed by atoms with Crippen molar-refractivity contribution in [2.24, 2.45) is 0 Å². The van der Waals surface area contributed by atoms with Crippen LogP contribution in [0.25, 0.3) is 0 Å². The summed E-state index contributed by atoms with van der Waals surface area (Å²) in [6, 6.07) is 5.85. The van der Waals surface area contributed by atoms with Gasteiger partial charge < -0.3 is 9.84 Å². The minimum Gasteiger partial charge on any atom is -0.478 e. The zero-order chi connectivity index (χ0) is 16.2. The van der Waals surface area contributed by atoms with Crippen LogP contribution in [0.3, 0.4) is 0 Å². The molecule has 0 aromatic heterocycles. The van der Waals surface area contributed by atoms with E-state index in [0.29, 0.717) is 12.2 Å². The molecule has 0 aliphatic heterocycles. The summed E-state index contributed by atoms with van der Waals surface area (Å²) in [5, 5.41) is 8.78. The fraction of sp³-hybridized carbons (Fsp3) is 0.444. The fourth-order valence-corrected chi connectivity index (χ4v) is 2.11. The molecule has 120 valence electrons. The van der Waals surface area contributed by atoms with Gasteiger partial charge in [0.25, 0.3) is 0 Å². The molecule has 0 aliphatic rings. The third kappa shape index (κ3) is 7.62. The second-order valence-electron chi connectivity index (χ2n) is 5.25. The average Bonchev–Trinajstić information content (AvgIpc) is 2.50. The van der Waals surface area contributed by atoms with E-state index in [1.807, 2.05) is 6.08 Å². The topological polar surface area (TPSA) is 63.6 Å². The SMILES string of the molecule is C=CCCCCCCCCC(=O)Oc1ccc(C(=O)O)cc1. The second-order valence-corrected chi connectivity index (χ2v) is 5.25. The van der Waals surface area contributed by atoms with Crippen molar-refractivity contribution >= 4 is 11.9 Å². The number of allylic oxidation sites excluding steroid dienone is 1. The van der Waals surface area contributed by atoms with E-state index in [2.05, 4.69) is 6.58 Å². The van der Waals surface area contributed by atoms with Gasteiger partial charge in [0, 0.05) is 6.42 Å². The van der Waals surface area contributed by atoms with E-state index >= 15 is 0 Å². The molecule has 0 amide bonds. The number of rotatable bonds is 11. The van der Waals surface area contributed by atoms with Crippen LogP contribution in [-0.4, -0.2) is 17.0 Å². The lowest BCUT2D eigenvalue weighted by Gasteiger charge is -2.05. The first-order chi connectivity index (χ1) is 10.6. The number of esters is 1. The Balaban J connectivity index is 2.13. The van der Waals surface area contributed by atoms with Crippen LogP contribution in [0.5, 0.6) is 5.75 Å². The quantitative estimate of drug-likeness (QED) is 0.281. The zero-order valence-electron chi connectivity index (χ0n) is 12.9. The standard InChI is InChI=1S/C18H24O4/c1-2-3-4-5-6-7-8-9-10-17(19)22-16-13-11-15(12-14-16)18(20)21/h2,11-14H,1,3-10H2,(H,20,21). The predicted molar refractivity (Wildman–Crippen MR) is 86.2 cm³/mol. The van der Waals surface area contributed by atoms with Gasteiger partial charge in [-0.05, 0) is 43.5 Å². The molecule has 0 saturated heterocycles. The van der Waals surface area contributed by atoms with Gasteiger partial charge in [0.05, 0.1) is 5.56 Å². The van der Waals surface area contributed by atoms with E-state index in [1.165, 1.54) is 43.5 Å². The highest BCUT2D eigenvalue weighted by molar-refractivity contribution is 5.87. The van der Waals surface area contributed by atoms with Gasteiger partial charge in [0.2, 0.25) is 0 Å². The highest BCUT2D eigenvalue weighted by Gasteiger charge is 2.06. The normalized spacial score (nSPS) is 10.2. The first kappa shape index (κ1) is 18.0. The summed E-state index contributed by atoms with van der Waals surface area (Å²) in [7, 11) is 0. The van der Waals surface area contributed by atoms with Crippen LogP contribution in [0, 0.1) is 0 Å². The average molecular weight is 304 g/mol. The third-order valence-corrected chi connectivity index (χ3v) is 3.37. The third-order valence-electron chi connectivity index (χ3n) is 3.37. The Morgan fingerprint density at radius 3 is 2.18 bits per heavy atom. The molecule has 22 heavy (non-hydrogen) atoms. The Labute approximate surface area is 131 Å². The Morgan fingerprint density at radius 1 is 1.00 bits per heavy atom. The van der Waals surface area contributed by atoms with Crippen LogP contribution in [0.15, 0.2) is 36.9 Å². The lowest BCUT2D eigenvalue weighted by atomic mass is 10.1. The number of carboxylic acid groups (broad SMARTS) is 1. The van der Waals surface area contributed by atoms with E-state index in [4.69, 9.17) is 9.84 Å². The number of hydrogen-bond acceptors (Lipinski definition) is 3. The molecule has 1 rings (SSSR count). The number of unbranched alkanes of at least 4 members (excludes halogenated alkanes) is 6. The number of ether oxygens (including phenoxy) is 1. The Hall–Kier alpha value is -2.10. The maximum absolute atomic E-state index is 11.7. The van der Waals surface area contributed by atoms with Crippen LogP contribution >= 0.6 is 0 Å². The molecular formula is C18H24O4. The van der Waals surface area contributed by atoms with E-state index in [1.54, 1.807) is 0 Å². The van der Waals surface area contributed by atoms with E-state index in [0.717, 1.165) is 25.7 Å². The minimum absolute atomic E-state index is 0.177. The zero-order valence-corrected chi connectivity index (χ0v) is 12.9. The number of carbonyl (C=O) groups excluding carboxylic acids is 1.